The number of fused-ring (bicyclic) bond motifs is 1. The summed E-state index contributed by atoms with van der Waals surface area (Å²) in [7, 11) is 0. The molecule has 18 heavy (non-hydrogen) atoms. The van der Waals surface area contributed by atoms with Crippen LogP contribution in [-0.4, -0.2) is 34.6 Å². The summed E-state index contributed by atoms with van der Waals surface area (Å²) in [5, 5.41) is 18.1. The van der Waals surface area contributed by atoms with E-state index in [0.717, 1.165) is 15.8 Å². The Hall–Kier alpha value is -1.83. The number of hydrogen-bond acceptors (Lipinski definition) is 6. The molecule has 0 saturated heterocycles. The zero-order valence-electron chi connectivity index (χ0n) is 9.76. The molecule has 1 aliphatic rings. The van der Waals surface area contributed by atoms with Crippen molar-refractivity contribution in [3.8, 4) is 0 Å². The van der Waals surface area contributed by atoms with Gasteiger partial charge < -0.3 is 0 Å². The minimum absolute atomic E-state index is 0.0752. The smallest absolute Gasteiger partial charge is 0.234 e. The van der Waals surface area contributed by atoms with Crippen molar-refractivity contribution in [2.45, 2.75) is 31.7 Å². The van der Waals surface area contributed by atoms with E-state index in [0.29, 0.717) is 5.92 Å². The van der Waals surface area contributed by atoms with Gasteiger partial charge in [0.1, 0.15) is 23.7 Å². The van der Waals surface area contributed by atoms with E-state index in [4.69, 9.17) is 0 Å². The molecule has 0 spiro atoms. The molecule has 7 nitrogen and oxygen atoms in total. The SMILES string of the molecule is C[C@@H](c1nn2c(C3CC3)nnc2s1)n1cncn1. The highest BCUT2D eigenvalue weighted by atomic mass is 32.1. The van der Waals surface area contributed by atoms with Gasteiger partial charge in [0.25, 0.3) is 0 Å². The van der Waals surface area contributed by atoms with Crippen LogP contribution in [0.3, 0.4) is 0 Å². The maximum atomic E-state index is 4.61. The topological polar surface area (TPSA) is 73.8 Å². The molecule has 1 saturated carbocycles. The molecule has 1 atom stereocenters. The van der Waals surface area contributed by atoms with Crippen molar-refractivity contribution in [3.63, 3.8) is 0 Å². The van der Waals surface area contributed by atoms with Gasteiger partial charge in [0.05, 0.1) is 0 Å². The van der Waals surface area contributed by atoms with E-state index in [1.54, 1.807) is 22.3 Å². The van der Waals surface area contributed by atoms with Gasteiger partial charge in [0.2, 0.25) is 4.96 Å². The largest absolute Gasteiger partial charge is 0.243 e. The second-order valence-electron chi connectivity index (χ2n) is 4.52. The second-order valence-corrected chi connectivity index (χ2v) is 5.51. The Labute approximate surface area is 106 Å². The van der Waals surface area contributed by atoms with E-state index in [9.17, 15) is 0 Å². The van der Waals surface area contributed by atoms with Crippen LogP contribution >= 0.6 is 11.3 Å². The summed E-state index contributed by atoms with van der Waals surface area (Å²) in [5.74, 6) is 1.55. The van der Waals surface area contributed by atoms with Crippen LogP contribution in [0.5, 0.6) is 0 Å². The highest BCUT2D eigenvalue weighted by Crippen LogP contribution is 2.39. The van der Waals surface area contributed by atoms with Gasteiger partial charge in [-0.2, -0.15) is 14.7 Å². The lowest BCUT2D eigenvalue weighted by atomic mass is 10.4. The summed E-state index contributed by atoms with van der Waals surface area (Å²) in [4.78, 5) is 4.82. The first-order valence-corrected chi connectivity index (χ1v) is 6.70. The fraction of sp³-hybridized carbons (Fsp3) is 0.500. The van der Waals surface area contributed by atoms with Gasteiger partial charge in [-0.05, 0) is 19.8 Å². The average Bonchev–Trinajstić information content (AvgIpc) is 2.85. The van der Waals surface area contributed by atoms with E-state index in [2.05, 4.69) is 32.3 Å². The minimum Gasteiger partial charge on any atom is -0.243 e. The lowest BCUT2D eigenvalue weighted by molar-refractivity contribution is 0.552. The zero-order chi connectivity index (χ0) is 12.1. The van der Waals surface area contributed by atoms with Crippen molar-refractivity contribution in [2.24, 2.45) is 0 Å². The molecular formula is C10H11N7S. The fourth-order valence-corrected chi connectivity index (χ4v) is 2.83. The number of aromatic nitrogens is 7. The van der Waals surface area contributed by atoms with Crippen LogP contribution in [0.1, 0.15) is 42.6 Å². The Bertz CT molecular complexity index is 678. The van der Waals surface area contributed by atoms with E-state index in [-0.39, 0.29) is 6.04 Å². The molecule has 0 N–H and O–H groups in total. The Morgan fingerprint density at radius 1 is 1.39 bits per heavy atom. The van der Waals surface area contributed by atoms with Crippen LogP contribution in [0, 0.1) is 0 Å². The van der Waals surface area contributed by atoms with Crippen LogP contribution < -0.4 is 0 Å². The summed E-state index contributed by atoms with van der Waals surface area (Å²) in [6.07, 6.45) is 5.64. The summed E-state index contributed by atoms with van der Waals surface area (Å²) in [6.45, 7) is 2.05. The molecule has 92 valence electrons. The molecule has 1 aliphatic carbocycles. The molecule has 3 heterocycles. The molecule has 4 rings (SSSR count). The Morgan fingerprint density at radius 3 is 3.00 bits per heavy atom. The van der Waals surface area contributed by atoms with Gasteiger partial charge in [-0.3, -0.25) is 0 Å². The monoisotopic (exact) mass is 261 g/mol. The molecule has 8 heteroatoms. The molecule has 0 radical (unpaired) electrons. The molecule has 0 unspecified atom stereocenters. The molecule has 1 fully saturated rings. The lowest BCUT2D eigenvalue weighted by Gasteiger charge is -2.06. The average molecular weight is 261 g/mol. The van der Waals surface area contributed by atoms with Crippen molar-refractivity contribution < 1.29 is 0 Å². The van der Waals surface area contributed by atoms with Gasteiger partial charge in [-0.1, -0.05) is 11.3 Å². The Kier molecular flexibility index (Phi) is 2.01. The van der Waals surface area contributed by atoms with E-state index in [1.165, 1.54) is 19.2 Å². The van der Waals surface area contributed by atoms with Crippen LogP contribution in [0.25, 0.3) is 4.96 Å². The first-order valence-electron chi connectivity index (χ1n) is 5.89. The normalized spacial score (nSPS) is 17.4. The summed E-state index contributed by atoms with van der Waals surface area (Å²) >= 11 is 1.56. The van der Waals surface area contributed by atoms with Gasteiger partial charge in [-0.15, -0.1) is 10.2 Å². The van der Waals surface area contributed by atoms with Crippen molar-refractivity contribution in [3.05, 3.63) is 23.5 Å². The maximum absolute atomic E-state index is 4.61. The molecule has 3 aromatic heterocycles. The van der Waals surface area contributed by atoms with Gasteiger partial charge >= 0.3 is 0 Å². The number of hydrogen-bond donors (Lipinski definition) is 0. The highest BCUT2D eigenvalue weighted by molar-refractivity contribution is 7.16. The van der Waals surface area contributed by atoms with Crippen molar-refractivity contribution >= 4 is 16.3 Å². The second kappa shape index (κ2) is 3.58. The molecule has 3 aromatic rings. The van der Waals surface area contributed by atoms with E-state index < -0.39 is 0 Å². The van der Waals surface area contributed by atoms with Crippen LogP contribution in [-0.2, 0) is 0 Å². The van der Waals surface area contributed by atoms with Crippen LogP contribution in [0.2, 0.25) is 0 Å². The summed E-state index contributed by atoms with van der Waals surface area (Å²) < 4.78 is 3.67. The van der Waals surface area contributed by atoms with Crippen molar-refractivity contribution in [2.75, 3.05) is 0 Å². The first-order chi connectivity index (χ1) is 8.83. The zero-order valence-corrected chi connectivity index (χ0v) is 10.6. The number of nitrogens with zero attached hydrogens (tertiary/aromatic N) is 7. The fourth-order valence-electron chi connectivity index (χ4n) is 1.94. The third kappa shape index (κ3) is 1.45. The summed E-state index contributed by atoms with van der Waals surface area (Å²) in [6, 6.07) is 0.0752. The summed E-state index contributed by atoms with van der Waals surface area (Å²) in [5.41, 5.74) is 0. The van der Waals surface area contributed by atoms with Gasteiger partial charge in [0, 0.05) is 5.92 Å². The predicted molar refractivity (Wildman–Crippen MR) is 64.5 cm³/mol. The molecular weight excluding hydrogens is 250 g/mol. The van der Waals surface area contributed by atoms with E-state index in [1.807, 2.05) is 4.52 Å². The van der Waals surface area contributed by atoms with Gasteiger partial charge in [0.15, 0.2) is 5.82 Å². The highest BCUT2D eigenvalue weighted by Gasteiger charge is 2.30. The molecule has 0 bridgehead atoms. The molecule has 0 aliphatic heterocycles. The third-order valence-electron chi connectivity index (χ3n) is 3.16. The first kappa shape index (κ1) is 10.1. The van der Waals surface area contributed by atoms with Crippen LogP contribution in [0.4, 0.5) is 0 Å². The van der Waals surface area contributed by atoms with Crippen molar-refractivity contribution in [1.82, 2.24) is 34.6 Å². The predicted octanol–water partition coefficient (Wildman–Crippen LogP) is 1.26. The van der Waals surface area contributed by atoms with Crippen molar-refractivity contribution in [1.29, 1.82) is 0 Å². The Morgan fingerprint density at radius 2 is 2.28 bits per heavy atom. The van der Waals surface area contributed by atoms with E-state index >= 15 is 0 Å². The quantitative estimate of drug-likeness (QED) is 0.709. The Balaban J connectivity index is 1.77. The third-order valence-corrected chi connectivity index (χ3v) is 4.23. The van der Waals surface area contributed by atoms with Crippen LogP contribution in [0.15, 0.2) is 12.7 Å². The lowest BCUT2D eigenvalue weighted by Crippen LogP contribution is -2.07. The minimum atomic E-state index is 0.0752. The van der Waals surface area contributed by atoms with Gasteiger partial charge in [-0.25, -0.2) is 9.67 Å². The molecule has 0 amide bonds. The standard InChI is InChI=1S/C10H11N7S/c1-6(16-5-11-4-12-16)9-15-17-8(7-2-3-7)13-14-10(17)18-9/h4-7H,2-3H2,1H3/t6-/m0/s1. The maximum Gasteiger partial charge on any atom is 0.234 e. The number of rotatable bonds is 3. The molecule has 0 aromatic carbocycles.